The van der Waals surface area contributed by atoms with Crippen molar-refractivity contribution < 1.29 is 13.9 Å². The number of alkyl carbamates (subject to hydrolysis) is 1. The molecule has 25 heavy (non-hydrogen) atoms. The quantitative estimate of drug-likeness (QED) is 0.493. The van der Waals surface area contributed by atoms with E-state index in [1.807, 2.05) is 25.1 Å². The number of carbonyl (C=O) groups is 1. The van der Waals surface area contributed by atoms with Gasteiger partial charge in [0.15, 0.2) is 0 Å². The number of nitrogens with zero attached hydrogens (tertiary/aromatic N) is 3. The molecular formula is C17H23BrN4O3. The summed E-state index contributed by atoms with van der Waals surface area (Å²) in [6, 6.07) is 5.51. The van der Waals surface area contributed by atoms with Crippen LogP contribution in [0.3, 0.4) is 0 Å². The van der Waals surface area contributed by atoms with Crippen LogP contribution in [0.4, 0.5) is 4.79 Å². The predicted molar refractivity (Wildman–Crippen MR) is 97.0 cm³/mol. The number of hydrogen-bond donors (Lipinski definition) is 1. The van der Waals surface area contributed by atoms with E-state index in [2.05, 4.69) is 43.4 Å². The van der Waals surface area contributed by atoms with Crippen LogP contribution in [0.15, 0.2) is 27.2 Å². The summed E-state index contributed by atoms with van der Waals surface area (Å²) in [4.78, 5) is 16.0. The minimum atomic E-state index is -0.371. The van der Waals surface area contributed by atoms with Gasteiger partial charge in [0.25, 0.3) is 5.89 Å². The molecule has 1 atom stereocenters. The lowest BCUT2D eigenvalue weighted by Crippen LogP contribution is -2.35. The Balaban J connectivity index is 1.84. The Morgan fingerprint density at radius 1 is 1.36 bits per heavy atom. The summed E-state index contributed by atoms with van der Waals surface area (Å²) in [6.45, 7) is 4.52. The van der Waals surface area contributed by atoms with Gasteiger partial charge in [-0.3, -0.25) is 0 Å². The molecule has 8 heteroatoms. The Bertz CT molecular complexity index is 677. The molecule has 7 nitrogen and oxygen atoms in total. The van der Waals surface area contributed by atoms with Crippen molar-refractivity contribution in [1.82, 2.24) is 20.5 Å². The van der Waals surface area contributed by atoms with Gasteiger partial charge in [0.2, 0.25) is 5.89 Å². The van der Waals surface area contributed by atoms with Crippen LogP contribution in [0.5, 0.6) is 0 Å². The molecule has 2 heterocycles. The zero-order chi connectivity index (χ0) is 18.1. The lowest BCUT2D eigenvalue weighted by molar-refractivity contribution is 0.139. The molecule has 2 aromatic rings. The number of aryl methyl sites for hydroxylation is 1. The summed E-state index contributed by atoms with van der Waals surface area (Å²) in [7, 11) is 0. The van der Waals surface area contributed by atoms with Gasteiger partial charge in [-0.15, -0.1) is 10.2 Å². The smallest absolute Gasteiger partial charge is 0.407 e. The molecule has 0 spiro atoms. The van der Waals surface area contributed by atoms with Gasteiger partial charge in [0.05, 0.1) is 6.61 Å². The van der Waals surface area contributed by atoms with Crippen molar-refractivity contribution >= 4 is 22.0 Å². The molecule has 2 aromatic heterocycles. The van der Waals surface area contributed by atoms with Gasteiger partial charge in [-0.2, -0.15) is 0 Å². The molecule has 0 aliphatic carbocycles. The third-order valence-corrected chi connectivity index (χ3v) is 4.10. The first kappa shape index (κ1) is 19.4. The monoisotopic (exact) mass is 410 g/mol. The van der Waals surface area contributed by atoms with Crippen LogP contribution < -0.4 is 5.32 Å². The first-order valence-electron chi connectivity index (χ1n) is 8.51. The van der Waals surface area contributed by atoms with Gasteiger partial charge in [-0.1, -0.05) is 26.3 Å². The minimum Gasteiger partial charge on any atom is -0.450 e. The highest BCUT2D eigenvalue weighted by Gasteiger charge is 2.15. The number of unbranched alkanes of at least 4 members (excludes halogenated alkanes) is 1. The molecule has 0 fully saturated rings. The van der Waals surface area contributed by atoms with Crippen LogP contribution in [0, 0.1) is 0 Å². The molecule has 1 N–H and O–H groups in total. The molecule has 0 aromatic carbocycles. The molecule has 0 radical (unpaired) electrons. The molecule has 1 amide bonds. The number of nitrogens with one attached hydrogen (secondary N) is 1. The van der Waals surface area contributed by atoms with Gasteiger partial charge >= 0.3 is 6.09 Å². The fraction of sp³-hybridized carbons (Fsp3) is 0.529. The number of pyridine rings is 1. The van der Waals surface area contributed by atoms with Crippen molar-refractivity contribution in [3.05, 3.63) is 28.7 Å². The zero-order valence-electron chi connectivity index (χ0n) is 14.5. The number of halogens is 1. The average molecular weight is 411 g/mol. The van der Waals surface area contributed by atoms with Crippen LogP contribution in [0.2, 0.25) is 0 Å². The Morgan fingerprint density at radius 3 is 2.92 bits per heavy atom. The number of aromatic nitrogens is 3. The summed E-state index contributed by atoms with van der Waals surface area (Å²) in [5, 5.41) is 11.0. The van der Waals surface area contributed by atoms with Crippen molar-refractivity contribution in [3.63, 3.8) is 0 Å². The number of amides is 1. The van der Waals surface area contributed by atoms with Crippen LogP contribution >= 0.6 is 15.9 Å². The summed E-state index contributed by atoms with van der Waals surface area (Å²) in [5.74, 6) is 0.910. The number of carbonyl (C=O) groups excluding carboxylic acids is 1. The van der Waals surface area contributed by atoms with Gasteiger partial charge in [-0.25, -0.2) is 9.78 Å². The molecule has 0 saturated carbocycles. The van der Waals surface area contributed by atoms with Crippen LogP contribution in [0.1, 0.15) is 45.4 Å². The summed E-state index contributed by atoms with van der Waals surface area (Å²) >= 11 is 3.32. The highest BCUT2D eigenvalue weighted by molar-refractivity contribution is 9.10. The Kier molecular flexibility index (Phi) is 7.84. The molecule has 0 aliphatic rings. The van der Waals surface area contributed by atoms with Crippen molar-refractivity contribution in [2.24, 2.45) is 0 Å². The summed E-state index contributed by atoms with van der Waals surface area (Å²) < 4.78 is 11.5. The van der Waals surface area contributed by atoms with Crippen molar-refractivity contribution in [3.8, 4) is 11.6 Å². The molecule has 0 saturated heterocycles. The van der Waals surface area contributed by atoms with Crippen LogP contribution in [0.25, 0.3) is 11.6 Å². The van der Waals surface area contributed by atoms with Crippen LogP contribution in [-0.4, -0.2) is 33.9 Å². The fourth-order valence-electron chi connectivity index (χ4n) is 2.18. The number of rotatable bonds is 9. The number of ether oxygens (including phenoxy) is 1. The van der Waals surface area contributed by atoms with Gasteiger partial charge < -0.3 is 14.5 Å². The Hall–Kier alpha value is -1.96. The maximum atomic E-state index is 11.7. The van der Waals surface area contributed by atoms with Crippen molar-refractivity contribution in [1.29, 1.82) is 0 Å². The second-order valence-corrected chi connectivity index (χ2v) is 6.44. The lowest BCUT2D eigenvalue weighted by atomic mass is 10.1. The highest BCUT2D eigenvalue weighted by Crippen LogP contribution is 2.18. The third kappa shape index (κ3) is 6.45. The third-order valence-electron chi connectivity index (χ3n) is 3.65. The fourth-order valence-corrected chi connectivity index (χ4v) is 2.52. The molecular weight excluding hydrogens is 388 g/mol. The van der Waals surface area contributed by atoms with E-state index >= 15 is 0 Å². The van der Waals surface area contributed by atoms with Crippen LogP contribution in [-0.2, 0) is 11.2 Å². The maximum absolute atomic E-state index is 11.7. The standard InChI is InChI=1S/C17H23BrN4O3/c1-3-5-11-24-17(23)19-12(4-2)9-10-15-21-22-16(25-15)13-7-6-8-14(18)20-13/h6-8,12H,3-5,9-11H2,1-2H3,(H,19,23)/t12-/m0/s1. The van der Waals surface area contributed by atoms with Gasteiger partial charge in [-0.05, 0) is 47.3 Å². The highest BCUT2D eigenvalue weighted by atomic mass is 79.9. The van der Waals surface area contributed by atoms with E-state index in [1.165, 1.54) is 0 Å². The van der Waals surface area contributed by atoms with E-state index in [4.69, 9.17) is 9.15 Å². The first-order chi connectivity index (χ1) is 12.1. The van der Waals surface area contributed by atoms with E-state index in [-0.39, 0.29) is 12.1 Å². The zero-order valence-corrected chi connectivity index (χ0v) is 16.1. The Morgan fingerprint density at radius 2 is 2.20 bits per heavy atom. The van der Waals surface area contributed by atoms with Crippen molar-refractivity contribution in [2.75, 3.05) is 6.61 Å². The summed E-state index contributed by atoms with van der Waals surface area (Å²) in [6.07, 6.45) is 3.58. The SMILES string of the molecule is CCCCOC(=O)N[C@@H](CC)CCc1nnc(-c2cccc(Br)n2)o1. The second-order valence-electron chi connectivity index (χ2n) is 5.62. The predicted octanol–water partition coefficient (Wildman–Crippen LogP) is 4.13. The van der Waals surface area contributed by atoms with Gasteiger partial charge in [0, 0.05) is 12.5 Å². The average Bonchev–Trinajstić information content (AvgIpc) is 3.08. The second kappa shape index (κ2) is 10.1. The largest absolute Gasteiger partial charge is 0.450 e. The first-order valence-corrected chi connectivity index (χ1v) is 9.30. The molecule has 0 aliphatic heterocycles. The summed E-state index contributed by atoms with van der Waals surface area (Å²) in [5.41, 5.74) is 0.623. The van der Waals surface area contributed by atoms with E-state index in [1.54, 1.807) is 0 Å². The van der Waals surface area contributed by atoms with E-state index in [9.17, 15) is 4.79 Å². The maximum Gasteiger partial charge on any atom is 0.407 e. The number of hydrogen-bond acceptors (Lipinski definition) is 6. The lowest BCUT2D eigenvalue weighted by Gasteiger charge is -2.15. The molecule has 136 valence electrons. The normalized spacial score (nSPS) is 12.0. The Labute approximate surface area is 155 Å². The van der Waals surface area contributed by atoms with Crippen molar-refractivity contribution in [2.45, 2.75) is 52.0 Å². The molecule has 2 rings (SSSR count). The molecule has 0 unspecified atom stereocenters. The minimum absolute atomic E-state index is 0.00784. The van der Waals surface area contributed by atoms with E-state index < -0.39 is 0 Å². The van der Waals surface area contributed by atoms with E-state index in [0.717, 1.165) is 19.3 Å². The topological polar surface area (TPSA) is 90.1 Å². The van der Waals surface area contributed by atoms with Gasteiger partial charge in [0.1, 0.15) is 10.3 Å². The molecule has 0 bridgehead atoms. The van der Waals surface area contributed by atoms with E-state index in [0.29, 0.717) is 41.5 Å².